The number of amides is 3. The van der Waals surface area contributed by atoms with Gasteiger partial charge in [0.05, 0.1) is 11.1 Å². The van der Waals surface area contributed by atoms with Crippen molar-refractivity contribution in [1.29, 1.82) is 0 Å². The van der Waals surface area contributed by atoms with Gasteiger partial charge in [-0.25, -0.2) is 9.69 Å². The first-order chi connectivity index (χ1) is 14.8. The van der Waals surface area contributed by atoms with Gasteiger partial charge in [-0.2, -0.15) is 0 Å². The SMILES string of the molecule is CCOc1cc(/C=C2/NC(=O)N(CC(=O)O)C2=O)cc(Br)c1OCc1ccc(I)cc1. The molecule has 0 bridgehead atoms. The third-order valence-electron chi connectivity index (χ3n) is 4.19. The molecule has 0 aromatic heterocycles. The topological polar surface area (TPSA) is 105 Å². The Morgan fingerprint density at radius 3 is 2.58 bits per heavy atom. The molecule has 31 heavy (non-hydrogen) atoms. The maximum Gasteiger partial charge on any atom is 0.329 e. The van der Waals surface area contributed by atoms with Gasteiger partial charge < -0.3 is 19.9 Å². The molecule has 2 aromatic carbocycles. The minimum atomic E-state index is -1.28. The number of carbonyl (C=O) groups excluding carboxylic acids is 2. The molecule has 10 heteroatoms. The van der Waals surface area contributed by atoms with Crippen molar-refractivity contribution in [2.75, 3.05) is 13.2 Å². The minimum absolute atomic E-state index is 0.0202. The number of nitrogens with zero attached hydrogens (tertiary/aromatic N) is 1. The van der Waals surface area contributed by atoms with Crippen LogP contribution in [0.2, 0.25) is 0 Å². The number of urea groups is 1. The second-order valence-electron chi connectivity index (χ2n) is 6.45. The number of ether oxygens (including phenoxy) is 2. The molecule has 3 amide bonds. The zero-order valence-electron chi connectivity index (χ0n) is 16.4. The van der Waals surface area contributed by atoms with Crippen LogP contribution in [0.5, 0.6) is 11.5 Å². The molecular weight excluding hydrogens is 583 g/mol. The lowest BCUT2D eigenvalue weighted by molar-refractivity contribution is -0.140. The Morgan fingerprint density at radius 1 is 1.23 bits per heavy atom. The lowest BCUT2D eigenvalue weighted by atomic mass is 10.1. The summed E-state index contributed by atoms with van der Waals surface area (Å²) in [5, 5.41) is 11.3. The Labute approximate surface area is 200 Å². The molecule has 0 atom stereocenters. The molecule has 0 unspecified atom stereocenters. The standard InChI is InChI=1S/C21H18BrIN2O6/c1-2-30-17-9-13(8-16-20(28)25(10-18(26)27)21(29)24-16)7-15(22)19(17)31-11-12-3-5-14(23)6-4-12/h3-9H,2,10-11H2,1H3,(H,24,29)(H,26,27)/b16-8+. The fraction of sp³-hybridized carbons (Fsp3) is 0.190. The molecule has 0 aliphatic carbocycles. The Balaban J connectivity index is 1.85. The molecule has 0 spiro atoms. The van der Waals surface area contributed by atoms with E-state index in [-0.39, 0.29) is 5.70 Å². The highest BCUT2D eigenvalue weighted by Gasteiger charge is 2.34. The number of carbonyl (C=O) groups is 3. The number of benzene rings is 2. The molecule has 0 saturated carbocycles. The summed E-state index contributed by atoms with van der Waals surface area (Å²) < 4.78 is 13.4. The predicted octanol–water partition coefficient (Wildman–Crippen LogP) is 4.01. The van der Waals surface area contributed by atoms with Gasteiger partial charge in [-0.1, -0.05) is 12.1 Å². The quantitative estimate of drug-likeness (QED) is 0.270. The Morgan fingerprint density at radius 2 is 1.94 bits per heavy atom. The summed E-state index contributed by atoms with van der Waals surface area (Å²) in [6.45, 7) is 1.87. The second kappa shape index (κ2) is 10.1. The zero-order valence-corrected chi connectivity index (χ0v) is 20.1. The van der Waals surface area contributed by atoms with Crippen molar-refractivity contribution in [1.82, 2.24) is 10.2 Å². The number of rotatable bonds is 8. The molecule has 1 saturated heterocycles. The second-order valence-corrected chi connectivity index (χ2v) is 8.55. The van der Waals surface area contributed by atoms with Crippen LogP contribution in [-0.2, 0) is 16.2 Å². The average Bonchev–Trinajstić information content (AvgIpc) is 2.96. The van der Waals surface area contributed by atoms with E-state index in [4.69, 9.17) is 14.6 Å². The highest BCUT2D eigenvalue weighted by molar-refractivity contribution is 14.1. The predicted molar refractivity (Wildman–Crippen MR) is 125 cm³/mol. The van der Waals surface area contributed by atoms with Gasteiger partial charge in [-0.05, 0) is 86.9 Å². The number of halogens is 2. The summed E-state index contributed by atoms with van der Waals surface area (Å²) in [5.74, 6) is -1.01. The third-order valence-corrected chi connectivity index (χ3v) is 5.50. The van der Waals surface area contributed by atoms with Crippen LogP contribution in [0.3, 0.4) is 0 Å². The summed E-state index contributed by atoms with van der Waals surface area (Å²) >= 11 is 5.71. The maximum absolute atomic E-state index is 12.3. The van der Waals surface area contributed by atoms with E-state index >= 15 is 0 Å². The fourth-order valence-electron chi connectivity index (χ4n) is 2.83. The fourth-order valence-corrected chi connectivity index (χ4v) is 3.76. The Hall–Kier alpha value is -2.60. The molecule has 1 aliphatic heterocycles. The summed E-state index contributed by atoms with van der Waals surface area (Å²) in [4.78, 5) is 35.7. The van der Waals surface area contributed by atoms with Gasteiger partial charge in [0, 0.05) is 3.57 Å². The van der Waals surface area contributed by atoms with Crippen LogP contribution in [0.25, 0.3) is 6.08 Å². The number of hydrogen-bond acceptors (Lipinski definition) is 5. The Bertz CT molecular complexity index is 1050. The lowest BCUT2D eigenvalue weighted by Crippen LogP contribution is -2.35. The average molecular weight is 601 g/mol. The van der Waals surface area contributed by atoms with Crippen LogP contribution in [0.1, 0.15) is 18.1 Å². The van der Waals surface area contributed by atoms with E-state index in [2.05, 4.69) is 43.8 Å². The van der Waals surface area contributed by atoms with Crippen LogP contribution >= 0.6 is 38.5 Å². The van der Waals surface area contributed by atoms with Crippen LogP contribution < -0.4 is 14.8 Å². The first-order valence-electron chi connectivity index (χ1n) is 9.18. The lowest BCUT2D eigenvalue weighted by Gasteiger charge is -2.15. The minimum Gasteiger partial charge on any atom is -0.490 e. The molecular formula is C21H18BrIN2O6. The number of imide groups is 1. The smallest absolute Gasteiger partial charge is 0.329 e. The van der Waals surface area contributed by atoms with Crippen molar-refractivity contribution < 1.29 is 29.0 Å². The normalized spacial score (nSPS) is 14.7. The number of nitrogens with one attached hydrogen (secondary N) is 1. The maximum atomic E-state index is 12.3. The molecule has 2 aromatic rings. The number of carboxylic acid groups (broad SMARTS) is 1. The molecule has 1 heterocycles. The van der Waals surface area contributed by atoms with Gasteiger partial charge in [0.25, 0.3) is 5.91 Å². The van der Waals surface area contributed by atoms with Crippen molar-refractivity contribution in [2.45, 2.75) is 13.5 Å². The highest BCUT2D eigenvalue weighted by Crippen LogP contribution is 2.38. The van der Waals surface area contributed by atoms with E-state index in [0.717, 1.165) is 9.13 Å². The van der Waals surface area contributed by atoms with Crippen molar-refractivity contribution in [3.05, 3.63) is 61.3 Å². The van der Waals surface area contributed by atoms with Crippen LogP contribution in [-0.4, -0.2) is 41.1 Å². The van der Waals surface area contributed by atoms with E-state index in [1.807, 2.05) is 31.2 Å². The monoisotopic (exact) mass is 600 g/mol. The van der Waals surface area contributed by atoms with Crippen LogP contribution in [0.4, 0.5) is 4.79 Å². The van der Waals surface area contributed by atoms with Gasteiger partial charge in [0.15, 0.2) is 11.5 Å². The van der Waals surface area contributed by atoms with Crippen molar-refractivity contribution in [2.24, 2.45) is 0 Å². The number of aliphatic carboxylic acids is 1. The molecule has 162 valence electrons. The van der Waals surface area contributed by atoms with Crippen LogP contribution in [0, 0.1) is 3.57 Å². The summed E-state index contributed by atoms with van der Waals surface area (Å²) in [6.07, 6.45) is 1.46. The molecule has 1 aliphatic rings. The van der Waals surface area contributed by atoms with Crippen molar-refractivity contribution in [3.63, 3.8) is 0 Å². The zero-order chi connectivity index (χ0) is 22.5. The van der Waals surface area contributed by atoms with Gasteiger partial charge >= 0.3 is 12.0 Å². The summed E-state index contributed by atoms with van der Waals surface area (Å²) in [5.41, 5.74) is 1.55. The van der Waals surface area contributed by atoms with E-state index in [1.165, 1.54) is 6.08 Å². The third kappa shape index (κ3) is 5.76. The largest absolute Gasteiger partial charge is 0.490 e. The molecule has 2 N–H and O–H groups in total. The van der Waals surface area contributed by atoms with Gasteiger partial charge in [-0.15, -0.1) is 0 Å². The first-order valence-corrected chi connectivity index (χ1v) is 11.1. The van der Waals surface area contributed by atoms with Crippen molar-refractivity contribution >= 4 is 62.5 Å². The first kappa shape index (κ1) is 23.1. The van der Waals surface area contributed by atoms with Gasteiger partial charge in [-0.3, -0.25) is 9.59 Å². The number of carboxylic acids is 1. The Kier molecular flexibility index (Phi) is 7.55. The number of hydrogen-bond donors (Lipinski definition) is 2. The molecule has 1 fully saturated rings. The highest BCUT2D eigenvalue weighted by atomic mass is 127. The van der Waals surface area contributed by atoms with E-state index < -0.39 is 24.5 Å². The summed E-state index contributed by atoms with van der Waals surface area (Å²) in [6, 6.07) is 10.6. The van der Waals surface area contributed by atoms with E-state index in [0.29, 0.717) is 39.6 Å². The van der Waals surface area contributed by atoms with Crippen LogP contribution in [0.15, 0.2) is 46.6 Å². The molecule has 0 radical (unpaired) electrons. The van der Waals surface area contributed by atoms with Gasteiger partial charge in [0.2, 0.25) is 0 Å². The van der Waals surface area contributed by atoms with Crippen molar-refractivity contribution in [3.8, 4) is 11.5 Å². The van der Waals surface area contributed by atoms with E-state index in [9.17, 15) is 14.4 Å². The van der Waals surface area contributed by atoms with E-state index in [1.54, 1.807) is 12.1 Å². The molecule has 8 nitrogen and oxygen atoms in total. The van der Waals surface area contributed by atoms with Gasteiger partial charge in [0.1, 0.15) is 18.8 Å². The molecule has 3 rings (SSSR count). The summed E-state index contributed by atoms with van der Waals surface area (Å²) in [7, 11) is 0.